The predicted octanol–water partition coefficient (Wildman–Crippen LogP) is 2.13. The first-order chi connectivity index (χ1) is 7.33. The first-order valence-corrected chi connectivity index (χ1v) is 5.61. The summed E-state index contributed by atoms with van der Waals surface area (Å²) in [6.07, 6.45) is 0.900. The molecule has 0 unspecified atom stereocenters. The molecule has 0 aromatic carbocycles. The molecule has 0 amide bonds. The first kappa shape index (κ1) is 13.4. The quantitative estimate of drug-likeness (QED) is 0.763. The number of hydrogen-bond donors (Lipinski definition) is 1. The van der Waals surface area contributed by atoms with Gasteiger partial charge in [0.2, 0.25) is 0 Å². The third-order valence-electron chi connectivity index (χ3n) is 3.22. The van der Waals surface area contributed by atoms with Crippen molar-refractivity contribution >= 4 is 5.97 Å². The van der Waals surface area contributed by atoms with Crippen molar-refractivity contribution in [3.05, 3.63) is 0 Å². The fraction of sp³-hybridized carbons (Fsp3) is 0.909. The monoisotopic (exact) mass is 236 g/mol. The summed E-state index contributed by atoms with van der Waals surface area (Å²) in [5.41, 5.74) is -2.23. The van der Waals surface area contributed by atoms with Crippen LogP contribution < -0.4 is 0 Å². The maximum absolute atomic E-state index is 13.7. The molecule has 94 valence electrons. The van der Waals surface area contributed by atoms with Crippen molar-refractivity contribution in [2.45, 2.75) is 51.1 Å². The number of aliphatic hydroxyl groups is 1. The normalized spacial score (nSPS) is 31.2. The second-order valence-corrected chi connectivity index (χ2v) is 4.51. The van der Waals surface area contributed by atoms with Crippen LogP contribution in [0, 0.1) is 5.92 Å². The van der Waals surface area contributed by atoms with Gasteiger partial charge in [0.1, 0.15) is 5.60 Å². The SMILES string of the molecule is CCOC(=O)C(F)(F)C1(O)CCC(C)CC1. The molecule has 0 bridgehead atoms. The average molecular weight is 236 g/mol. The van der Waals surface area contributed by atoms with E-state index in [4.69, 9.17) is 0 Å². The number of alkyl halides is 2. The van der Waals surface area contributed by atoms with Crippen molar-refractivity contribution in [3.8, 4) is 0 Å². The zero-order chi connectivity index (χ0) is 12.4. The van der Waals surface area contributed by atoms with E-state index < -0.39 is 17.5 Å². The summed E-state index contributed by atoms with van der Waals surface area (Å²) < 4.78 is 31.7. The molecule has 0 saturated heterocycles. The van der Waals surface area contributed by atoms with Crippen molar-refractivity contribution in [1.82, 2.24) is 0 Å². The van der Waals surface area contributed by atoms with E-state index in [0.717, 1.165) is 0 Å². The van der Waals surface area contributed by atoms with Gasteiger partial charge in [-0.15, -0.1) is 0 Å². The molecular formula is C11H18F2O3. The standard InChI is InChI=1S/C11H18F2O3/c1-3-16-9(14)11(12,13)10(15)6-4-8(2)5-7-10/h8,15H,3-7H2,1-2H3. The number of halogens is 2. The third-order valence-corrected chi connectivity index (χ3v) is 3.22. The number of hydrogen-bond acceptors (Lipinski definition) is 3. The zero-order valence-electron chi connectivity index (χ0n) is 9.63. The molecule has 0 aliphatic heterocycles. The Morgan fingerprint density at radius 2 is 2.00 bits per heavy atom. The van der Waals surface area contributed by atoms with Gasteiger partial charge in [0.15, 0.2) is 0 Å². The molecule has 1 N–H and O–H groups in total. The molecule has 5 heteroatoms. The Labute approximate surface area is 93.8 Å². The molecule has 0 aromatic heterocycles. The van der Waals surface area contributed by atoms with Crippen LogP contribution in [0.3, 0.4) is 0 Å². The first-order valence-electron chi connectivity index (χ1n) is 5.61. The molecule has 1 rings (SSSR count). The smallest absolute Gasteiger partial charge is 0.380 e. The molecular weight excluding hydrogens is 218 g/mol. The fourth-order valence-electron chi connectivity index (χ4n) is 1.97. The fourth-order valence-corrected chi connectivity index (χ4v) is 1.97. The van der Waals surface area contributed by atoms with Crippen molar-refractivity contribution in [3.63, 3.8) is 0 Å². The Hall–Kier alpha value is -0.710. The Morgan fingerprint density at radius 3 is 2.44 bits per heavy atom. The maximum atomic E-state index is 13.7. The molecule has 0 aromatic rings. The van der Waals surface area contributed by atoms with E-state index in [0.29, 0.717) is 18.8 Å². The molecule has 0 radical (unpaired) electrons. The zero-order valence-corrected chi connectivity index (χ0v) is 9.63. The molecule has 1 aliphatic rings. The lowest BCUT2D eigenvalue weighted by atomic mass is 9.76. The molecule has 3 nitrogen and oxygen atoms in total. The second-order valence-electron chi connectivity index (χ2n) is 4.51. The highest BCUT2D eigenvalue weighted by atomic mass is 19.3. The maximum Gasteiger partial charge on any atom is 0.380 e. The van der Waals surface area contributed by atoms with Crippen LogP contribution in [0.5, 0.6) is 0 Å². The largest absolute Gasteiger partial charge is 0.461 e. The number of rotatable bonds is 3. The minimum atomic E-state index is -3.80. The molecule has 1 aliphatic carbocycles. The van der Waals surface area contributed by atoms with Crippen LogP contribution in [0.4, 0.5) is 8.78 Å². The number of carbonyl (C=O) groups is 1. The predicted molar refractivity (Wildman–Crippen MR) is 54.2 cm³/mol. The average Bonchev–Trinajstić information content (AvgIpc) is 2.23. The van der Waals surface area contributed by atoms with Gasteiger partial charge in [0, 0.05) is 0 Å². The van der Waals surface area contributed by atoms with Crippen LogP contribution in [-0.4, -0.2) is 29.2 Å². The van der Waals surface area contributed by atoms with Gasteiger partial charge in [0.25, 0.3) is 0 Å². The minimum absolute atomic E-state index is 0.0556. The molecule has 0 spiro atoms. The number of ether oxygens (including phenoxy) is 1. The van der Waals surface area contributed by atoms with Gasteiger partial charge >= 0.3 is 11.9 Å². The summed E-state index contributed by atoms with van der Waals surface area (Å²) in [7, 11) is 0. The molecule has 16 heavy (non-hydrogen) atoms. The van der Waals surface area contributed by atoms with E-state index in [1.807, 2.05) is 6.92 Å². The second kappa shape index (κ2) is 4.65. The van der Waals surface area contributed by atoms with Crippen molar-refractivity contribution in [2.75, 3.05) is 6.61 Å². The summed E-state index contributed by atoms with van der Waals surface area (Å²) in [5, 5.41) is 9.86. The Balaban J connectivity index is 2.77. The molecule has 1 saturated carbocycles. The van der Waals surface area contributed by atoms with E-state index in [1.54, 1.807) is 0 Å². The van der Waals surface area contributed by atoms with Crippen molar-refractivity contribution < 1.29 is 23.4 Å². The lowest BCUT2D eigenvalue weighted by Crippen LogP contribution is -2.55. The summed E-state index contributed by atoms with van der Waals surface area (Å²) in [4.78, 5) is 11.1. The molecule has 0 atom stereocenters. The molecule has 1 fully saturated rings. The van der Waals surface area contributed by atoms with E-state index in [9.17, 15) is 18.7 Å². The number of carbonyl (C=O) groups excluding carboxylic acids is 1. The van der Waals surface area contributed by atoms with Crippen LogP contribution >= 0.6 is 0 Å². The van der Waals surface area contributed by atoms with Crippen LogP contribution in [0.1, 0.15) is 39.5 Å². The highest BCUT2D eigenvalue weighted by Crippen LogP contribution is 2.42. The van der Waals surface area contributed by atoms with Gasteiger partial charge in [-0.3, -0.25) is 0 Å². The van der Waals surface area contributed by atoms with Gasteiger partial charge in [0.05, 0.1) is 6.61 Å². The van der Waals surface area contributed by atoms with Crippen molar-refractivity contribution in [2.24, 2.45) is 5.92 Å². The van der Waals surface area contributed by atoms with Gasteiger partial charge in [-0.05, 0) is 38.5 Å². The van der Waals surface area contributed by atoms with E-state index in [1.165, 1.54) is 6.92 Å². The van der Waals surface area contributed by atoms with Crippen LogP contribution in [0.25, 0.3) is 0 Å². The molecule has 0 heterocycles. The van der Waals surface area contributed by atoms with E-state index in [-0.39, 0.29) is 19.4 Å². The highest BCUT2D eigenvalue weighted by molar-refractivity contribution is 5.79. The Bertz CT molecular complexity index is 258. The Morgan fingerprint density at radius 1 is 1.50 bits per heavy atom. The lowest BCUT2D eigenvalue weighted by Gasteiger charge is -2.38. The van der Waals surface area contributed by atoms with E-state index >= 15 is 0 Å². The Kier molecular flexibility index (Phi) is 3.88. The van der Waals surface area contributed by atoms with Crippen molar-refractivity contribution in [1.29, 1.82) is 0 Å². The summed E-state index contributed by atoms with van der Waals surface area (Å²) >= 11 is 0. The van der Waals surface area contributed by atoms with Crippen LogP contribution in [0.2, 0.25) is 0 Å². The van der Waals surface area contributed by atoms with E-state index in [2.05, 4.69) is 4.74 Å². The lowest BCUT2D eigenvalue weighted by molar-refractivity contribution is -0.222. The van der Waals surface area contributed by atoms with Crippen LogP contribution in [0.15, 0.2) is 0 Å². The van der Waals surface area contributed by atoms with Gasteiger partial charge in [-0.2, -0.15) is 8.78 Å². The number of esters is 1. The van der Waals surface area contributed by atoms with Crippen LogP contribution in [-0.2, 0) is 9.53 Å². The summed E-state index contributed by atoms with van der Waals surface area (Å²) in [6, 6.07) is 0. The summed E-state index contributed by atoms with van der Waals surface area (Å²) in [5.74, 6) is -5.10. The summed E-state index contributed by atoms with van der Waals surface area (Å²) in [6.45, 7) is 3.30. The van der Waals surface area contributed by atoms with Gasteiger partial charge in [-0.1, -0.05) is 6.92 Å². The minimum Gasteiger partial charge on any atom is -0.461 e. The highest BCUT2D eigenvalue weighted by Gasteiger charge is 2.59. The van der Waals surface area contributed by atoms with Gasteiger partial charge in [-0.25, -0.2) is 4.79 Å². The third kappa shape index (κ3) is 2.34. The topological polar surface area (TPSA) is 46.5 Å². The van der Waals surface area contributed by atoms with Gasteiger partial charge < -0.3 is 9.84 Å².